The molecule has 1 fully saturated rings. The van der Waals surface area contributed by atoms with Crippen LogP contribution in [-0.4, -0.2) is 36.0 Å². The van der Waals surface area contributed by atoms with Crippen LogP contribution >= 0.6 is 11.6 Å². The van der Waals surface area contributed by atoms with Crippen LogP contribution in [0.15, 0.2) is 24.3 Å². The highest BCUT2D eigenvalue weighted by Crippen LogP contribution is 2.24. The molecule has 2 atom stereocenters. The zero-order valence-corrected chi connectivity index (χ0v) is 11.1. The number of amides is 1. The van der Waals surface area contributed by atoms with Crippen molar-refractivity contribution in [3.63, 3.8) is 0 Å². The molecule has 0 radical (unpaired) electrons. The van der Waals surface area contributed by atoms with E-state index in [0.717, 1.165) is 6.42 Å². The van der Waals surface area contributed by atoms with Gasteiger partial charge in [0.2, 0.25) is 0 Å². The van der Waals surface area contributed by atoms with Gasteiger partial charge >= 0.3 is 0 Å². The summed E-state index contributed by atoms with van der Waals surface area (Å²) in [6.07, 6.45) is 0.306. The first kappa shape index (κ1) is 13.2. The van der Waals surface area contributed by atoms with Crippen molar-refractivity contribution in [2.24, 2.45) is 5.73 Å². The molecule has 0 saturated carbocycles. The van der Waals surface area contributed by atoms with Crippen LogP contribution in [0.2, 0.25) is 5.02 Å². The zero-order chi connectivity index (χ0) is 13.1. The highest BCUT2D eigenvalue weighted by atomic mass is 35.5. The number of hydrogen-bond donors (Lipinski definition) is 1. The van der Waals surface area contributed by atoms with Crippen LogP contribution in [0.5, 0.6) is 5.75 Å². The van der Waals surface area contributed by atoms with E-state index in [1.54, 1.807) is 24.0 Å². The Morgan fingerprint density at radius 2 is 2.28 bits per heavy atom. The smallest absolute Gasteiger partial charge is 0.263 e. The third-order valence-electron chi connectivity index (χ3n) is 3.02. The lowest BCUT2D eigenvalue weighted by Gasteiger charge is -2.21. The number of hydrogen-bond acceptors (Lipinski definition) is 3. The van der Waals surface area contributed by atoms with E-state index in [9.17, 15) is 4.79 Å². The fourth-order valence-electron chi connectivity index (χ4n) is 2.03. The molecule has 18 heavy (non-hydrogen) atoms. The van der Waals surface area contributed by atoms with Crippen LogP contribution in [0.3, 0.4) is 0 Å². The number of nitrogens with two attached hydrogens (primary N) is 1. The SMILES string of the molecule is C[C@@H](Oc1ccccc1Cl)C(=O)N1CC[C@H](N)C1. The van der Waals surface area contributed by atoms with Gasteiger partial charge < -0.3 is 15.4 Å². The predicted octanol–water partition coefficient (Wildman–Crippen LogP) is 1.67. The van der Waals surface area contributed by atoms with Gasteiger partial charge in [-0.3, -0.25) is 4.79 Å². The Morgan fingerprint density at radius 3 is 2.89 bits per heavy atom. The Bertz CT molecular complexity index is 439. The van der Waals surface area contributed by atoms with E-state index in [1.165, 1.54) is 0 Å². The molecule has 2 rings (SSSR count). The number of para-hydroxylation sites is 1. The summed E-state index contributed by atoms with van der Waals surface area (Å²) in [6, 6.07) is 7.22. The van der Waals surface area contributed by atoms with Crippen LogP contribution in [0.1, 0.15) is 13.3 Å². The maximum absolute atomic E-state index is 12.1. The highest BCUT2D eigenvalue weighted by molar-refractivity contribution is 6.32. The summed E-state index contributed by atoms with van der Waals surface area (Å²) >= 11 is 5.99. The van der Waals surface area contributed by atoms with Gasteiger partial charge in [0, 0.05) is 19.1 Å². The first-order valence-electron chi connectivity index (χ1n) is 6.03. The van der Waals surface area contributed by atoms with Crippen molar-refractivity contribution in [1.29, 1.82) is 0 Å². The molecule has 1 aliphatic rings. The summed E-state index contributed by atoms with van der Waals surface area (Å²) in [5, 5.41) is 0.510. The van der Waals surface area contributed by atoms with Crippen molar-refractivity contribution >= 4 is 17.5 Å². The third kappa shape index (κ3) is 2.94. The monoisotopic (exact) mass is 268 g/mol. The lowest BCUT2D eigenvalue weighted by atomic mass is 10.3. The van der Waals surface area contributed by atoms with E-state index in [2.05, 4.69) is 0 Å². The topological polar surface area (TPSA) is 55.6 Å². The van der Waals surface area contributed by atoms with Crippen LogP contribution in [0, 0.1) is 0 Å². The molecule has 1 saturated heterocycles. The van der Waals surface area contributed by atoms with E-state index in [0.29, 0.717) is 23.9 Å². The average molecular weight is 269 g/mol. The molecule has 98 valence electrons. The fraction of sp³-hybridized carbons (Fsp3) is 0.462. The van der Waals surface area contributed by atoms with Crippen molar-refractivity contribution < 1.29 is 9.53 Å². The van der Waals surface area contributed by atoms with Gasteiger partial charge in [-0.15, -0.1) is 0 Å². The van der Waals surface area contributed by atoms with Gasteiger partial charge in [-0.1, -0.05) is 23.7 Å². The summed E-state index contributed by atoms with van der Waals surface area (Å²) < 4.78 is 5.59. The summed E-state index contributed by atoms with van der Waals surface area (Å²) in [6.45, 7) is 3.04. The predicted molar refractivity (Wildman–Crippen MR) is 70.7 cm³/mol. The molecular formula is C13H17ClN2O2. The molecular weight excluding hydrogens is 252 g/mol. The third-order valence-corrected chi connectivity index (χ3v) is 3.34. The van der Waals surface area contributed by atoms with Crippen LogP contribution < -0.4 is 10.5 Å². The molecule has 0 spiro atoms. The molecule has 1 heterocycles. The molecule has 0 unspecified atom stereocenters. The second-order valence-electron chi connectivity index (χ2n) is 4.52. The Hall–Kier alpha value is -1.26. The number of halogens is 1. The number of carbonyl (C=O) groups is 1. The van der Waals surface area contributed by atoms with Gasteiger partial charge in [-0.2, -0.15) is 0 Å². The van der Waals surface area contributed by atoms with E-state index in [-0.39, 0.29) is 11.9 Å². The Kier molecular flexibility index (Phi) is 4.09. The molecule has 5 heteroatoms. The lowest BCUT2D eigenvalue weighted by Crippen LogP contribution is -2.40. The highest BCUT2D eigenvalue weighted by Gasteiger charge is 2.28. The van der Waals surface area contributed by atoms with Gasteiger partial charge in [-0.25, -0.2) is 0 Å². The van der Waals surface area contributed by atoms with Gasteiger partial charge in [0.25, 0.3) is 5.91 Å². The minimum absolute atomic E-state index is 0.0390. The normalized spacial score (nSPS) is 20.8. The van der Waals surface area contributed by atoms with Crippen molar-refractivity contribution in [1.82, 2.24) is 4.90 Å². The van der Waals surface area contributed by atoms with Gasteiger partial charge in [0.05, 0.1) is 5.02 Å². The minimum atomic E-state index is -0.546. The first-order valence-corrected chi connectivity index (χ1v) is 6.41. The summed E-state index contributed by atoms with van der Waals surface area (Å²) in [4.78, 5) is 13.9. The summed E-state index contributed by atoms with van der Waals surface area (Å²) in [7, 11) is 0. The van der Waals surface area contributed by atoms with Gasteiger partial charge in [0.1, 0.15) is 5.75 Å². The number of likely N-dealkylation sites (tertiary alicyclic amines) is 1. The maximum atomic E-state index is 12.1. The Morgan fingerprint density at radius 1 is 1.56 bits per heavy atom. The molecule has 4 nitrogen and oxygen atoms in total. The number of carbonyl (C=O) groups excluding carboxylic acids is 1. The van der Waals surface area contributed by atoms with Crippen LogP contribution in [0.4, 0.5) is 0 Å². The van der Waals surface area contributed by atoms with Crippen LogP contribution in [0.25, 0.3) is 0 Å². The standard InChI is InChI=1S/C13H17ClN2O2/c1-9(13(17)16-7-6-10(15)8-16)18-12-5-3-2-4-11(12)14/h2-5,9-10H,6-8,15H2,1H3/t9-,10+/m1/s1. The molecule has 2 N–H and O–H groups in total. The Labute approximate surface area is 112 Å². The fourth-order valence-corrected chi connectivity index (χ4v) is 2.21. The van der Waals surface area contributed by atoms with E-state index >= 15 is 0 Å². The molecule has 0 bridgehead atoms. The number of nitrogens with zero attached hydrogens (tertiary/aromatic N) is 1. The maximum Gasteiger partial charge on any atom is 0.263 e. The Balaban J connectivity index is 1.98. The van der Waals surface area contributed by atoms with Crippen molar-refractivity contribution in [3.8, 4) is 5.75 Å². The minimum Gasteiger partial charge on any atom is -0.479 e. The van der Waals surface area contributed by atoms with Crippen molar-refractivity contribution in [2.45, 2.75) is 25.5 Å². The molecule has 1 aliphatic heterocycles. The van der Waals surface area contributed by atoms with Gasteiger partial charge in [-0.05, 0) is 25.5 Å². The molecule has 1 aromatic carbocycles. The second kappa shape index (κ2) is 5.59. The average Bonchev–Trinajstić information content (AvgIpc) is 2.78. The summed E-state index contributed by atoms with van der Waals surface area (Å²) in [5.41, 5.74) is 5.78. The number of ether oxygens (including phenoxy) is 1. The van der Waals surface area contributed by atoms with Crippen LogP contribution in [-0.2, 0) is 4.79 Å². The van der Waals surface area contributed by atoms with Gasteiger partial charge in [0.15, 0.2) is 6.10 Å². The summed E-state index contributed by atoms with van der Waals surface area (Å²) in [5.74, 6) is 0.492. The molecule has 0 aliphatic carbocycles. The number of rotatable bonds is 3. The second-order valence-corrected chi connectivity index (χ2v) is 4.93. The molecule has 0 aromatic heterocycles. The van der Waals surface area contributed by atoms with Crippen molar-refractivity contribution in [3.05, 3.63) is 29.3 Å². The van der Waals surface area contributed by atoms with E-state index < -0.39 is 6.10 Å². The lowest BCUT2D eigenvalue weighted by molar-refractivity contribution is -0.136. The molecule has 1 aromatic rings. The first-order chi connectivity index (χ1) is 8.58. The number of benzene rings is 1. The zero-order valence-electron chi connectivity index (χ0n) is 10.3. The van der Waals surface area contributed by atoms with Crippen molar-refractivity contribution in [2.75, 3.05) is 13.1 Å². The van der Waals surface area contributed by atoms with E-state index in [1.807, 2.05) is 12.1 Å². The largest absolute Gasteiger partial charge is 0.479 e. The quantitative estimate of drug-likeness (QED) is 0.907. The molecule has 1 amide bonds. The van der Waals surface area contributed by atoms with E-state index in [4.69, 9.17) is 22.1 Å².